The fourth-order valence-corrected chi connectivity index (χ4v) is 2.31. The number of rotatable bonds is 9. The van der Waals surface area contributed by atoms with E-state index >= 15 is 0 Å². The minimum Gasteiger partial charge on any atom is -0.466 e. The van der Waals surface area contributed by atoms with Gasteiger partial charge in [0.1, 0.15) is 13.0 Å². The Balaban J connectivity index is 2.04. The van der Waals surface area contributed by atoms with Gasteiger partial charge in [-0.15, -0.1) is 0 Å². The van der Waals surface area contributed by atoms with Crippen molar-refractivity contribution in [3.63, 3.8) is 0 Å². The molecular weight excluding hydrogens is 272 g/mol. The molecule has 0 atom stereocenters. The lowest BCUT2D eigenvalue weighted by molar-refractivity contribution is -0.146. The zero-order chi connectivity index (χ0) is 15.7. The summed E-state index contributed by atoms with van der Waals surface area (Å²) in [6.45, 7) is 12.0. The lowest BCUT2D eigenvalue weighted by atomic mass is 10.2. The number of hydrogen-bond donors (Lipinski definition) is 0. The van der Waals surface area contributed by atoms with E-state index in [1.165, 1.54) is 0 Å². The topological polar surface area (TPSA) is 59.1 Å². The minimum absolute atomic E-state index is 0.00915. The molecule has 0 aliphatic carbocycles. The van der Waals surface area contributed by atoms with Crippen LogP contribution in [0, 0.1) is 0 Å². The Kier molecular flexibility index (Phi) is 8.49. The van der Waals surface area contributed by atoms with E-state index < -0.39 is 5.97 Å². The van der Waals surface area contributed by atoms with Crippen molar-refractivity contribution in [3.8, 4) is 0 Å². The molecule has 6 nitrogen and oxygen atoms in total. The Morgan fingerprint density at radius 1 is 1.14 bits per heavy atom. The smallest absolute Gasteiger partial charge is 0.313 e. The van der Waals surface area contributed by atoms with Gasteiger partial charge in [-0.3, -0.25) is 19.4 Å². The standard InChI is InChI=1S/C15H28N2O4/c1-4-21-15(19)11-14(18)12-20-10-9-16-5-7-17(8-6-16)13(2)3/h13H,4-12H2,1-3H3. The van der Waals surface area contributed by atoms with Crippen LogP contribution in [0.1, 0.15) is 27.2 Å². The zero-order valence-corrected chi connectivity index (χ0v) is 13.5. The number of ether oxygens (including phenoxy) is 2. The third-order valence-electron chi connectivity index (χ3n) is 3.60. The summed E-state index contributed by atoms with van der Waals surface area (Å²) in [6.07, 6.45) is -0.194. The number of piperazine rings is 1. The molecule has 0 unspecified atom stereocenters. The molecule has 0 aromatic heterocycles. The summed E-state index contributed by atoms with van der Waals surface area (Å²) in [5.74, 6) is -0.700. The summed E-state index contributed by atoms with van der Waals surface area (Å²) in [5, 5.41) is 0. The Labute approximate surface area is 127 Å². The molecule has 1 heterocycles. The number of carbonyl (C=O) groups excluding carboxylic acids is 2. The van der Waals surface area contributed by atoms with Crippen molar-refractivity contribution < 1.29 is 19.1 Å². The number of nitrogens with zero attached hydrogens (tertiary/aromatic N) is 2. The Hall–Kier alpha value is -0.980. The lowest BCUT2D eigenvalue weighted by Crippen LogP contribution is -2.49. The van der Waals surface area contributed by atoms with Crippen LogP contribution in [-0.4, -0.2) is 80.1 Å². The highest BCUT2D eigenvalue weighted by Crippen LogP contribution is 2.05. The highest BCUT2D eigenvalue weighted by atomic mass is 16.5. The maximum Gasteiger partial charge on any atom is 0.313 e. The predicted octanol–water partition coefficient (Wildman–Crippen LogP) is 0.551. The zero-order valence-electron chi connectivity index (χ0n) is 13.5. The summed E-state index contributed by atoms with van der Waals surface area (Å²) >= 11 is 0. The van der Waals surface area contributed by atoms with E-state index in [0.717, 1.165) is 32.7 Å². The van der Waals surface area contributed by atoms with Gasteiger partial charge in [-0.1, -0.05) is 0 Å². The molecule has 0 spiro atoms. The number of hydrogen-bond acceptors (Lipinski definition) is 6. The van der Waals surface area contributed by atoms with E-state index in [9.17, 15) is 9.59 Å². The van der Waals surface area contributed by atoms with E-state index in [1.54, 1.807) is 6.92 Å². The highest BCUT2D eigenvalue weighted by molar-refractivity contribution is 5.96. The molecule has 1 fully saturated rings. The largest absolute Gasteiger partial charge is 0.466 e. The second kappa shape index (κ2) is 9.87. The van der Waals surface area contributed by atoms with E-state index in [-0.39, 0.29) is 18.8 Å². The maximum atomic E-state index is 11.5. The van der Waals surface area contributed by atoms with Crippen LogP contribution in [0.15, 0.2) is 0 Å². The summed E-state index contributed by atoms with van der Waals surface area (Å²) in [4.78, 5) is 27.4. The highest BCUT2D eigenvalue weighted by Gasteiger charge is 2.18. The molecule has 21 heavy (non-hydrogen) atoms. The molecule has 0 radical (unpaired) electrons. The first-order valence-corrected chi connectivity index (χ1v) is 7.74. The van der Waals surface area contributed by atoms with Gasteiger partial charge in [-0.2, -0.15) is 0 Å². The molecule has 1 aliphatic heterocycles. The van der Waals surface area contributed by atoms with Crippen molar-refractivity contribution in [1.29, 1.82) is 0 Å². The van der Waals surface area contributed by atoms with Gasteiger partial charge in [-0.25, -0.2) is 0 Å². The monoisotopic (exact) mass is 300 g/mol. The van der Waals surface area contributed by atoms with Crippen molar-refractivity contribution >= 4 is 11.8 Å². The van der Waals surface area contributed by atoms with Gasteiger partial charge in [0.25, 0.3) is 0 Å². The third-order valence-corrected chi connectivity index (χ3v) is 3.60. The molecule has 0 aromatic rings. The summed E-state index contributed by atoms with van der Waals surface area (Å²) in [7, 11) is 0. The lowest BCUT2D eigenvalue weighted by Gasteiger charge is -2.36. The molecule has 0 aromatic carbocycles. The molecule has 1 saturated heterocycles. The molecule has 0 amide bonds. The van der Waals surface area contributed by atoms with Gasteiger partial charge in [0, 0.05) is 38.8 Å². The van der Waals surface area contributed by atoms with Gasteiger partial charge in [0.15, 0.2) is 5.78 Å². The molecule has 6 heteroatoms. The predicted molar refractivity (Wildman–Crippen MR) is 80.2 cm³/mol. The summed E-state index contributed by atoms with van der Waals surface area (Å²) in [5.41, 5.74) is 0. The van der Waals surface area contributed by atoms with Gasteiger partial charge >= 0.3 is 5.97 Å². The van der Waals surface area contributed by atoms with E-state index in [2.05, 4.69) is 23.6 Å². The van der Waals surface area contributed by atoms with Gasteiger partial charge in [-0.05, 0) is 20.8 Å². The van der Waals surface area contributed by atoms with Crippen LogP contribution in [-0.2, 0) is 19.1 Å². The van der Waals surface area contributed by atoms with Gasteiger partial charge < -0.3 is 9.47 Å². The van der Waals surface area contributed by atoms with E-state index in [4.69, 9.17) is 9.47 Å². The number of esters is 1. The average Bonchev–Trinajstić information content (AvgIpc) is 2.44. The van der Waals surface area contributed by atoms with Crippen LogP contribution in [0.5, 0.6) is 0 Å². The van der Waals surface area contributed by atoms with E-state index in [1.807, 2.05) is 0 Å². The Morgan fingerprint density at radius 2 is 1.81 bits per heavy atom. The molecule has 1 aliphatic rings. The quantitative estimate of drug-likeness (QED) is 0.352. The van der Waals surface area contributed by atoms with Crippen molar-refractivity contribution in [1.82, 2.24) is 9.80 Å². The average molecular weight is 300 g/mol. The summed E-state index contributed by atoms with van der Waals surface area (Å²) in [6, 6.07) is 0.601. The van der Waals surface area contributed by atoms with Crippen molar-refractivity contribution in [2.24, 2.45) is 0 Å². The second-order valence-corrected chi connectivity index (χ2v) is 5.54. The fourth-order valence-electron chi connectivity index (χ4n) is 2.31. The normalized spacial score (nSPS) is 17.1. The van der Waals surface area contributed by atoms with E-state index in [0.29, 0.717) is 19.3 Å². The second-order valence-electron chi connectivity index (χ2n) is 5.54. The minimum atomic E-state index is -0.476. The van der Waals surface area contributed by atoms with Crippen LogP contribution < -0.4 is 0 Å². The van der Waals surface area contributed by atoms with Crippen molar-refractivity contribution in [2.45, 2.75) is 33.2 Å². The first-order valence-electron chi connectivity index (χ1n) is 7.74. The Bertz CT molecular complexity index is 326. The molecule has 0 saturated carbocycles. The molecule has 1 rings (SSSR count). The maximum absolute atomic E-state index is 11.5. The number of ketones is 1. The molecule has 122 valence electrons. The third kappa shape index (κ3) is 7.55. The van der Waals surface area contributed by atoms with Crippen LogP contribution in [0.4, 0.5) is 0 Å². The van der Waals surface area contributed by atoms with Crippen molar-refractivity contribution in [3.05, 3.63) is 0 Å². The first-order chi connectivity index (χ1) is 10.0. The SMILES string of the molecule is CCOC(=O)CC(=O)COCCN1CCN(C(C)C)CC1. The molecular formula is C15H28N2O4. The molecule has 0 bridgehead atoms. The van der Waals surface area contributed by atoms with Crippen LogP contribution in [0.2, 0.25) is 0 Å². The number of Topliss-reactive ketones (excluding diaryl/α,β-unsaturated/α-hetero) is 1. The number of carbonyl (C=O) groups is 2. The van der Waals surface area contributed by atoms with Crippen LogP contribution >= 0.6 is 0 Å². The summed E-state index contributed by atoms with van der Waals surface area (Å²) < 4.78 is 10.1. The van der Waals surface area contributed by atoms with Gasteiger partial charge in [0.05, 0.1) is 13.2 Å². The fraction of sp³-hybridized carbons (Fsp3) is 0.867. The first kappa shape index (κ1) is 18.1. The van der Waals surface area contributed by atoms with Crippen molar-refractivity contribution in [2.75, 3.05) is 52.5 Å². The van der Waals surface area contributed by atoms with Crippen LogP contribution in [0.25, 0.3) is 0 Å². The molecule has 0 N–H and O–H groups in total. The Morgan fingerprint density at radius 3 is 2.38 bits per heavy atom. The van der Waals surface area contributed by atoms with Crippen LogP contribution in [0.3, 0.4) is 0 Å². The van der Waals surface area contributed by atoms with Gasteiger partial charge in [0.2, 0.25) is 0 Å².